The molecule has 8 heteroatoms. The molecule has 1 heterocycles. The summed E-state index contributed by atoms with van der Waals surface area (Å²) in [4.78, 5) is 27.9. The third-order valence-corrected chi connectivity index (χ3v) is 5.40. The topological polar surface area (TPSA) is 85.1 Å². The molecule has 0 radical (unpaired) electrons. The SMILES string of the molecule is Cc1nc(NC(=O)Cc2ccc([N+](=O)[O-])cc2)sc1Cc1ccccc1Cl. The molecule has 6 nitrogen and oxygen atoms in total. The highest BCUT2D eigenvalue weighted by Crippen LogP contribution is 2.27. The maximum Gasteiger partial charge on any atom is 0.269 e. The number of hydrogen-bond acceptors (Lipinski definition) is 5. The highest BCUT2D eigenvalue weighted by molar-refractivity contribution is 7.15. The van der Waals surface area contributed by atoms with E-state index in [0.29, 0.717) is 22.1 Å². The predicted molar refractivity (Wildman–Crippen MR) is 107 cm³/mol. The van der Waals surface area contributed by atoms with E-state index in [9.17, 15) is 14.9 Å². The van der Waals surface area contributed by atoms with Crippen molar-refractivity contribution >= 4 is 39.7 Å². The minimum absolute atomic E-state index is 0.000999. The molecule has 0 fully saturated rings. The second-order valence-corrected chi connectivity index (χ2v) is 7.44. The van der Waals surface area contributed by atoms with Crippen LogP contribution < -0.4 is 5.32 Å². The molecule has 1 aromatic heterocycles. The summed E-state index contributed by atoms with van der Waals surface area (Å²) in [5.41, 5.74) is 2.56. The fourth-order valence-electron chi connectivity index (χ4n) is 2.54. The van der Waals surface area contributed by atoms with Crippen LogP contribution in [-0.2, 0) is 17.6 Å². The number of nitro groups is 1. The number of amides is 1. The Balaban J connectivity index is 1.64. The lowest BCUT2D eigenvalue weighted by Gasteiger charge is -2.02. The molecule has 0 saturated heterocycles. The average Bonchev–Trinajstić information content (AvgIpc) is 2.96. The Labute approximate surface area is 165 Å². The number of carbonyl (C=O) groups excluding carboxylic acids is 1. The lowest BCUT2D eigenvalue weighted by Crippen LogP contribution is -2.14. The number of halogens is 1. The van der Waals surface area contributed by atoms with Crippen LogP contribution in [0.4, 0.5) is 10.8 Å². The Morgan fingerprint density at radius 2 is 1.93 bits per heavy atom. The van der Waals surface area contributed by atoms with Crippen LogP contribution in [0.3, 0.4) is 0 Å². The third-order valence-electron chi connectivity index (χ3n) is 3.96. The van der Waals surface area contributed by atoms with E-state index in [1.165, 1.54) is 23.5 Å². The first kappa shape index (κ1) is 19.0. The van der Waals surface area contributed by atoms with Crippen LogP contribution in [0.15, 0.2) is 48.5 Å². The normalized spacial score (nSPS) is 10.6. The quantitative estimate of drug-likeness (QED) is 0.475. The number of aryl methyl sites for hydroxylation is 1. The fraction of sp³-hybridized carbons (Fsp3) is 0.158. The number of rotatable bonds is 6. The molecule has 3 rings (SSSR count). The molecular weight excluding hydrogens is 386 g/mol. The second-order valence-electron chi connectivity index (χ2n) is 5.94. The molecule has 27 heavy (non-hydrogen) atoms. The molecule has 3 aromatic rings. The molecular formula is C19H16ClN3O3S. The van der Waals surface area contributed by atoms with Crippen molar-refractivity contribution in [3.63, 3.8) is 0 Å². The van der Waals surface area contributed by atoms with Gasteiger partial charge in [0.15, 0.2) is 5.13 Å². The fourth-order valence-corrected chi connectivity index (χ4v) is 3.75. The molecule has 0 unspecified atom stereocenters. The van der Waals surface area contributed by atoms with E-state index in [1.54, 1.807) is 12.1 Å². The zero-order valence-electron chi connectivity index (χ0n) is 14.4. The molecule has 0 spiro atoms. The van der Waals surface area contributed by atoms with Gasteiger partial charge in [-0.05, 0) is 24.1 Å². The van der Waals surface area contributed by atoms with Gasteiger partial charge in [0.05, 0.1) is 17.0 Å². The Morgan fingerprint density at radius 3 is 2.59 bits per heavy atom. The van der Waals surface area contributed by atoms with E-state index < -0.39 is 4.92 Å². The van der Waals surface area contributed by atoms with Crippen LogP contribution in [0.25, 0.3) is 0 Å². The van der Waals surface area contributed by atoms with E-state index in [0.717, 1.165) is 16.1 Å². The van der Waals surface area contributed by atoms with Crippen molar-refractivity contribution in [2.24, 2.45) is 0 Å². The highest BCUT2D eigenvalue weighted by atomic mass is 35.5. The number of nitrogens with zero attached hydrogens (tertiary/aromatic N) is 2. The smallest absolute Gasteiger partial charge is 0.269 e. The zero-order chi connectivity index (χ0) is 19.4. The van der Waals surface area contributed by atoms with Crippen LogP contribution in [-0.4, -0.2) is 15.8 Å². The Kier molecular flexibility index (Phi) is 5.83. The van der Waals surface area contributed by atoms with Gasteiger partial charge in [-0.2, -0.15) is 0 Å². The Morgan fingerprint density at radius 1 is 1.22 bits per heavy atom. The van der Waals surface area contributed by atoms with E-state index in [2.05, 4.69) is 10.3 Å². The van der Waals surface area contributed by atoms with Crippen LogP contribution in [0, 0.1) is 17.0 Å². The van der Waals surface area contributed by atoms with Gasteiger partial charge >= 0.3 is 0 Å². The van der Waals surface area contributed by atoms with Crippen LogP contribution in [0.5, 0.6) is 0 Å². The zero-order valence-corrected chi connectivity index (χ0v) is 16.0. The van der Waals surface area contributed by atoms with Crippen LogP contribution in [0.1, 0.15) is 21.7 Å². The summed E-state index contributed by atoms with van der Waals surface area (Å²) in [5, 5.41) is 14.7. The van der Waals surface area contributed by atoms with Gasteiger partial charge in [0.25, 0.3) is 5.69 Å². The second kappa shape index (κ2) is 8.28. The molecule has 2 aromatic carbocycles. The Hall–Kier alpha value is -2.77. The largest absolute Gasteiger partial charge is 0.302 e. The molecule has 138 valence electrons. The van der Waals surface area contributed by atoms with Gasteiger partial charge < -0.3 is 5.32 Å². The summed E-state index contributed by atoms with van der Waals surface area (Å²) < 4.78 is 0. The molecule has 0 aliphatic heterocycles. The van der Waals surface area contributed by atoms with Crippen molar-refractivity contribution in [3.05, 3.63) is 85.4 Å². The molecule has 0 atom stereocenters. The maximum absolute atomic E-state index is 12.2. The Bertz CT molecular complexity index is 986. The molecule has 1 N–H and O–H groups in total. The maximum atomic E-state index is 12.2. The van der Waals surface area contributed by atoms with Crippen molar-refractivity contribution in [2.45, 2.75) is 19.8 Å². The first-order valence-corrected chi connectivity index (χ1v) is 9.34. The molecule has 0 saturated carbocycles. The van der Waals surface area contributed by atoms with Gasteiger partial charge in [-0.25, -0.2) is 4.98 Å². The first-order chi connectivity index (χ1) is 12.9. The number of nitro benzene ring substituents is 1. The highest BCUT2D eigenvalue weighted by Gasteiger charge is 2.13. The standard InChI is InChI=1S/C19H16ClN3O3S/c1-12-17(11-14-4-2-3-5-16(14)20)27-19(21-12)22-18(24)10-13-6-8-15(9-7-13)23(25)26/h2-9H,10-11H2,1H3,(H,21,22,24). The number of thiazole rings is 1. The van der Waals surface area contributed by atoms with Crippen molar-refractivity contribution < 1.29 is 9.72 Å². The van der Waals surface area contributed by atoms with Crippen molar-refractivity contribution in [1.82, 2.24) is 4.98 Å². The lowest BCUT2D eigenvalue weighted by atomic mass is 10.1. The van der Waals surface area contributed by atoms with Crippen LogP contribution >= 0.6 is 22.9 Å². The monoisotopic (exact) mass is 401 g/mol. The number of anilines is 1. The summed E-state index contributed by atoms with van der Waals surface area (Å²) in [6.45, 7) is 1.90. The number of nitrogens with one attached hydrogen (secondary N) is 1. The van der Waals surface area contributed by atoms with Gasteiger partial charge in [-0.1, -0.05) is 41.9 Å². The third kappa shape index (κ3) is 4.90. The van der Waals surface area contributed by atoms with Crippen molar-refractivity contribution in [1.29, 1.82) is 0 Å². The number of non-ortho nitro benzene ring substituents is 1. The summed E-state index contributed by atoms with van der Waals surface area (Å²) in [6, 6.07) is 13.6. The molecule has 1 amide bonds. The predicted octanol–water partition coefficient (Wildman–Crippen LogP) is 4.79. The minimum Gasteiger partial charge on any atom is -0.302 e. The van der Waals surface area contributed by atoms with Gasteiger partial charge in [0, 0.05) is 28.5 Å². The summed E-state index contributed by atoms with van der Waals surface area (Å²) >= 11 is 7.63. The van der Waals surface area contributed by atoms with E-state index >= 15 is 0 Å². The summed E-state index contributed by atoms with van der Waals surface area (Å²) in [5.74, 6) is -0.220. The summed E-state index contributed by atoms with van der Waals surface area (Å²) in [7, 11) is 0. The average molecular weight is 402 g/mol. The number of hydrogen-bond donors (Lipinski definition) is 1. The van der Waals surface area contributed by atoms with Crippen molar-refractivity contribution in [3.8, 4) is 0 Å². The van der Waals surface area contributed by atoms with Gasteiger partial charge in [0.2, 0.25) is 5.91 Å². The van der Waals surface area contributed by atoms with Gasteiger partial charge in [-0.15, -0.1) is 11.3 Å². The van der Waals surface area contributed by atoms with Crippen LogP contribution in [0.2, 0.25) is 5.02 Å². The van der Waals surface area contributed by atoms with E-state index in [4.69, 9.17) is 11.6 Å². The number of aromatic nitrogens is 1. The minimum atomic E-state index is -0.470. The van der Waals surface area contributed by atoms with E-state index in [-0.39, 0.29) is 18.0 Å². The van der Waals surface area contributed by atoms with Gasteiger partial charge in [0.1, 0.15) is 0 Å². The van der Waals surface area contributed by atoms with Crippen molar-refractivity contribution in [2.75, 3.05) is 5.32 Å². The number of benzene rings is 2. The molecule has 0 bridgehead atoms. The first-order valence-electron chi connectivity index (χ1n) is 8.15. The summed E-state index contributed by atoms with van der Waals surface area (Å²) in [6.07, 6.45) is 0.776. The lowest BCUT2D eigenvalue weighted by molar-refractivity contribution is -0.384. The van der Waals surface area contributed by atoms with E-state index in [1.807, 2.05) is 31.2 Å². The number of carbonyl (C=O) groups is 1. The molecule has 0 aliphatic carbocycles. The van der Waals surface area contributed by atoms with Gasteiger partial charge in [-0.3, -0.25) is 14.9 Å². The molecule has 0 aliphatic rings.